The van der Waals surface area contributed by atoms with Crippen LogP contribution in [-0.4, -0.2) is 64.8 Å². The predicted octanol–water partition coefficient (Wildman–Crippen LogP) is 2.21. The molecule has 0 aromatic carbocycles. The van der Waals surface area contributed by atoms with Gasteiger partial charge in [0.15, 0.2) is 5.82 Å². The maximum atomic E-state index is 13.3. The summed E-state index contributed by atoms with van der Waals surface area (Å²) in [7, 11) is 4.01. The predicted molar refractivity (Wildman–Crippen MR) is 129 cm³/mol. The van der Waals surface area contributed by atoms with Crippen LogP contribution < -0.4 is 21.7 Å². The number of likely N-dealkylation sites (tertiary alicyclic amines) is 1. The summed E-state index contributed by atoms with van der Waals surface area (Å²) < 4.78 is 2.76. The van der Waals surface area contributed by atoms with E-state index in [4.69, 9.17) is 11.5 Å². The van der Waals surface area contributed by atoms with Crippen LogP contribution in [0.25, 0.3) is 10.2 Å². The smallest absolute Gasteiger partial charge is 0.261 e. The third-order valence-electron chi connectivity index (χ3n) is 6.57. The SMILES string of the molecule is CN1CC(c2cnc3c(C(=O)Nc4cnn(C)c4N4CCCC(N)CC4)c(N)sc3c2)C1. The number of nitrogen functional groups attached to an aromatic ring is 1. The van der Waals surface area contributed by atoms with E-state index in [9.17, 15) is 4.79 Å². The number of fused-ring (bicyclic) bond motifs is 1. The van der Waals surface area contributed by atoms with E-state index in [-0.39, 0.29) is 11.9 Å². The first-order valence-corrected chi connectivity index (χ1v) is 11.9. The Bertz CT molecular complexity index is 1150. The number of nitrogens with two attached hydrogens (primary N) is 2. The van der Waals surface area contributed by atoms with Crippen molar-refractivity contribution in [3.05, 3.63) is 29.6 Å². The topological polar surface area (TPSA) is 118 Å². The fraction of sp³-hybridized carbons (Fsp3) is 0.500. The number of likely N-dealkylation sites (N-methyl/N-ethyl adjacent to an activating group) is 1. The van der Waals surface area contributed by atoms with Gasteiger partial charge in [-0.15, -0.1) is 11.3 Å². The Morgan fingerprint density at radius 2 is 2.03 bits per heavy atom. The second-order valence-corrected chi connectivity index (χ2v) is 10.1. The van der Waals surface area contributed by atoms with Crippen molar-refractivity contribution in [3.63, 3.8) is 0 Å². The molecule has 3 aromatic rings. The Hall–Kier alpha value is -2.69. The van der Waals surface area contributed by atoms with E-state index in [1.807, 2.05) is 17.9 Å². The van der Waals surface area contributed by atoms with Gasteiger partial charge < -0.3 is 26.6 Å². The molecule has 5 heterocycles. The number of carbonyl (C=O) groups is 1. The number of nitrogens with one attached hydrogen (secondary N) is 1. The lowest BCUT2D eigenvalue weighted by Gasteiger charge is -2.36. The Kier molecular flexibility index (Phi) is 5.52. The molecule has 2 fully saturated rings. The summed E-state index contributed by atoms with van der Waals surface area (Å²) in [5, 5.41) is 7.93. The van der Waals surface area contributed by atoms with E-state index < -0.39 is 0 Å². The molecule has 1 atom stereocenters. The maximum absolute atomic E-state index is 13.3. The molecule has 0 bridgehead atoms. The van der Waals surface area contributed by atoms with Gasteiger partial charge in [0.2, 0.25) is 0 Å². The molecule has 32 heavy (non-hydrogen) atoms. The van der Waals surface area contributed by atoms with Crippen LogP contribution in [0.2, 0.25) is 0 Å². The molecule has 9 nitrogen and oxygen atoms in total. The van der Waals surface area contributed by atoms with Crippen molar-refractivity contribution >= 4 is 44.0 Å². The summed E-state index contributed by atoms with van der Waals surface area (Å²) in [6.07, 6.45) is 6.53. The summed E-state index contributed by atoms with van der Waals surface area (Å²) in [5.41, 5.74) is 15.4. The summed E-state index contributed by atoms with van der Waals surface area (Å²) in [4.78, 5) is 22.5. The van der Waals surface area contributed by atoms with Crippen molar-refractivity contribution in [2.24, 2.45) is 12.8 Å². The second-order valence-electron chi connectivity index (χ2n) is 9.01. The number of carbonyl (C=O) groups excluding carboxylic acids is 1. The summed E-state index contributed by atoms with van der Waals surface area (Å²) in [6, 6.07) is 2.35. The van der Waals surface area contributed by atoms with Crippen LogP contribution in [0.5, 0.6) is 0 Å². The van der Waals surface area contributed by atoms with Gasteiger partial charge in [-0.25, -0.2) is 0 Å². The van der Waals surface area contributed by atoms with Crippen LogP contribution in [0.15, 0.2) is 18.5 Å². The van der Waals surface area contributed by atoms with Crippen LogP contribution in [0, 0.1) is 0 Å². The minimum atomic E-state index is -0.252. The number of hydrogen-bond acceptors (Lipinski definition) is 8. The van der Waals surface area contributed by atoms with Gasteiger partial charge in [-0.2, -0.15) is 5.10 Å². The molecule has 10 heteroatoms. The van der Waals surface area contributed by atoms with Crippen LogP contribution in [0.3, 0.4) is 0 Å². The van der Waals surface area contributed by atoms with Gasteiger partial charge in [-0.1, -0.05) is 0 Å². The Labute approximate surface area is 191 Å². The van der Waals surface area contributed by atoms with Crippen molar-refractivity contribution in [2.75, 3.05) is 49.2 Å². The highest BCUT2D eigenvalue weighted by Crippen LogP contribution is 2.36. The van der Waals surface area contributed by atoms with Gasteiger partial charge in [0.25, 0.3) is 5.91 Å². The zero-order valence-corrected chi connectivity index (χ0v) is 19.4. The van der Waals surface area contributed by atoms with E-state index in [0.717, 1.165) is 56.0 Å². The summed E-state index contributed by atoms with van der Waals surface area (Å²) >= 11 is 1.42. The Balaban J connectivity index is 1.40. The molecule has 0 aliphatic carbocycles. The van der Waals surface area contributed by atoms with Crippen LogP contribution in [0.1, 0.15) is 41.1 Å². The molecule has 1 amide bonds. The number of pyridine rings is 1. The second kappa shape index (κ2) is 8.34. The number of nitrogens with zero attached hydrogens (tertiary/aromatic N) is 5. The highest BCUT2D eigenvalue weighted by molar-refractivity contribution is 7.23. The molecule has 2 aliphatic rings. The molecule has 0 spiro atoms. The third kappa shape index (κ3) is 3.82. The highest BCUT2D eigenvalue weighted by Gasteiger charge is 2.27. The third-order valence-corrected chi connectivity index (χ3v) is 7.52. The number of amides is 1. The molecule has 2 aliphatic heterocycles. The van der Waals surface area contributed by atoms with Crippen molar-refractivity contribution in [1.29, 1.82) is 0 Å². The molecule has 170 valence electrons. The van der Waals surface area contributed by atoms with Crippen molar-refractivity contribution in [2.45, 2.75) is 31.2 Å². The monoisotopic (exact) mass is 454 g/mol. The maximum Gasteiger partial charge on any atom is 0.261 e. The minimum absolute atomic E-state index is 0.222. The molecule has 5 rings (SSSR count). The van der Waals surface area contributed by atoms with E-state index in [0.29, 0.717) is 27.7 Å². The van der Waals surface area contributed by atoms with Gasteiger partial charge in [0.1, 0.15) is 16.3 Å². The lowest BCUT2D eigenvalue weighted by molar-refractivity contribution is 0.102. The average Bonchev–Trinajstić information content (AvgIpc) is 3.17. The molecule has 3 aromatic heterocycles. The van der Waals surface area contributed by atoms with E-state index in [1.165, 1.54) is 16.9 Å². The number of anilines is 3. The molecular weight excluding hydrogens is 424 g/mol. The zero-order chi connectivity index (χ0) is 22.4. The number of aromatic nitrogens is 3. The van der Waals surface area contributed by atoms with E-state index in [1.54, 1.807) is 6.20 Å². The highest BCUT2D eigenvalue weighted by atomic mass is 32.1. The fourth-order valence-corrected chi connectivity index (χ4v) is 5.75. The van der Waals surface area contributed by atoms with Gasteiger partial charge in [0.05, 0.1) is 16.4 Å². The number of thiophene rings is 1. The van der Waals surface area contributed by atoms with Crippen molar-refractivity contribution < 1.29 is 4.79 Å². The first-order valence-electron chi connectivity index (χ1n) is 11.1. The van der Waals surface area contributed by atoms with Crippen LogP contribution in [-0.2, 0) is 7.05 Å². The quantitative estimate of drug-likeness (QED) is 0.553. The summed E-state index contributed by atoms with van der Waals surface area (Å²) in [6.45, 7) is 3.80. The van der Waals surface area contributed by atoms with Crippen molar-refractivity contribution in [3.8, 4) is 0 Å². The number of rotatable bonds is 4. The molecular formula is C22H30N8OS. The molecule has 0 radical (unpaired) electrons. The lowest BCUT2D eigenvalue weighted by atomic mass is 9.93. The van der Waals surface area contributed by atoms with Gasteiger partial charge in [0, 0.05) is 51.4 Å². The zero-order valence-electron chi connectivity index (χ0n) is 18.5. The van der Waals surface area contributed by atoms with Crippen molar-refractivity contribution in [1.82, 2.24) is 19.7 Å². The molecule has 2 saturated heterocycles. The van der Waals surface area contributed by atoms with Gasteiger partial charge >= 0.3 is 0 Å². The normalized spacial score (nSPS) is 20.3. The first-order chi connectivity index (χ1) is 15.4. The standard InChI is InChI=1S/C22H30N8OS/c1-28-11-14(12-28)13-8-17-19(25-9-13)18(20(24)32-17)21(31)27-16-10-26-29(2)22(16)30-6-3-4-15(23)5-7-30/h8-10,14-15H,3-7,11-12,23-24H2,1-2H3,(H,27,31). The van der Waals surface area contributed by atoms with E-state index in [2.05, 4.69) is 38.3 Å². The van der Waals surface area contributed by atoms with Gasteiger partial charge in [-0.05, 0) is 37.9 Å². The molecule has 1 unspecified atom stereocenters. The van der Waals surface area contributed by atoms with E-state index >= 15 is 0 Å². The summed E-state index contributed by atoms with van der Waals surface area (Å²) in [5.74, 6) is 1.14. The molecule has 0 saturated carbocycles. The first kappa shape index (κ1) is 21.2. The Morgan fingerprint density at radius 1 is 1.22 bits per heavy atom. The fourth-order valence-electron chi connectivity index (χ4n) is 4.78. The molecule has 5 N–H and O–H groups in total. The Morgan fingerprint density at radius 3 is 2.81 bits per heavy atom. The largest absolute Gasteiger partial charge is 0.390 e. The number of hydrogen-bond donors (Lipinski definition) is 3. The minimum Gasteiger partial charge on any atom is -0.390 e. The average molecular weight is 455 g/mol. The lowest BCUT2D eigenvalue weighted by Crippen LogP contribution is -2.41. The van der Waals surface area contributed by atoms with Gasteiger partial charge in [-0.3, -0.25) is 14.5 Å². The number of aryl methyl sites for hydroxylation is 1. The van der Waals surface area contributed by atoms with Crippen LogP contribution >= 0.6 is 11.3 Å². The van der Waals surface area contributed by atoms with Crippen LogP contribution in [0.4, 0.5) is 16.5 Å².